The van der Waals surface area contributed by atoms with Crippen molar-refractivity contribution in [1.82, 2.24) is 4.90 Å². The van der Waals surface area contributed by atoms with Gasteiger partial charge in [0.25, 0.3) is 5.69 Å². The highest BCUT2D eigenvalue weighted by Crippen LogP contribution is 2.26. The molecule has 0 saturated heterocycles. The monoisotopic (exact) mass is 281 g/mol. The van der Waals surface area contributed by atoms with E-state index in [4.69, 9.17) is 4.74 Å². The molecule has 110 valence electrons. The summed E-state index contributed by atoms with van der Waals surface area (Å²) in [6.07, 6.45) is 0.810. The van der Waals surface area contributed by atoms with E-state index in [1.165, 1.54) is 17.0 Å². The topological polar surface area (TPSA) is 84.7 Å². The molecule has 20 heavy (non-hydrogen) atoms. The lowest BCUT2D eigenvalue weighted by Gasteiger charge is -2.12. The summed E-state index contributed by atoms with van der Waals surface area (Å²) in [5, 5.41) is 13.7. The average molecular weight is 281 g/mol. The van der Waals surface area contributed by atoms with Crippen molar-refractivity contribution < 1.29 is 14.5 Å². The first-order valence-corrected chi connectivity index (χ1v) is 6.30. The van der Waals surface area contributed by atoms with Crippen molar-refractivity contribution in [2.75, 3.05) is 32.6 Å². The van der Waals surface area contributed by atoms with Crippen molar-refractivity contribution in [2.45, 2.75) is 13.3 Å². The molecule has 7 heteroatoms. The zero-order valence-corrected chi connectivity index (χ0v) is 11.9. The highest BCUT2D eigenvalue weighted by atomic mass is 16.6. The van der Waals surface area contributed by atoms with Crippen LogP contribution < -0.4 is 10.1 Å². The Bertz CT molecular complexity index is 489. The standard InChI is InChI=1S/C13H19N3O4/c1-4-5-20-12-7-10(6-11(8-12)16(18)19)14-9-13(17)15(2)3/h6-8,14H,4-5,9H2,1-3H3. The summed E-state index contributed by atoms with van der Waals surface area (Å²) in [6.45, 7) is 2.50. The predicted molar refractivity (Wildman–Crippen MR) is 76.1 cm³/mol. The molecule has 0 unspecified atom stereocenters. The molecule has 0 atom stereocenters. The summed E-state index contributed by atoms with van der Waals surface area (Å²) < 4.78 is 5.40. The smallest absolute Gasteiger partial charge is 0.275 e. The van der Waals surface area contributed by atoms with Crippen LogP contribution >= 0.6 is 0 Å². The second-order valence-electron chi connectivity index (χ2n) is 4.46. The van der Waals surface area contributed by atoms with Crippen LogP contribution in [-0.2, 0) is 4.79 Å². The van der Waals surface area contributed by atoms with Crippen molar-refractivity contribution in [3.63, 3.8) is 0 Å². The molecule has 1 rings (SSSR count). The number of rotatable bonds is 7. The summed E-state index contributed by atoms with van der Waals surface area (Å²) in [4.78, 5) is 23.3. The Kier molecular flexibility index (Phi) is 5.76. The second-order valence-corrected chi connectivity index (χ2v) is 4.46. The van der Waals surface area contributed by atoms with Gasteiger partial charge in [-0.2, -0.15) is 0 Å². The first-order chi connectivity index (χ1) is 9.43. The van der Waals surface area contributed by atoms with Gasteiger partial charge in [-0.3, -0.25) is 14.9 Å². The van der Waals surface area contributed by atoms with Crippen molar-refractivity contribution in [3.8, 4) is 5.75 Å². The van der Waals surface area contributed by atoms with Gasteiger partial charge in [0, 0.05) is 31.9 Å². The Hall–Kier alpha value is -2.31. The third-order valence-corrected chi connectivity index (χ3v) is 2.52. The molecule has 0 aliphatic carbocycles. The van der Waals surface area contributed by atoms with Crippen LogP contribution in [0.25, 0.3) is 0 Å². The zero-order valence-electron chi connectivity index (χ0n) is 11.9. The minimum absolute atomic E-state index is 0.0708. The van der Waals surface area contributed by atoms with Crippen LogP contribution in [-0.4, -0.2) is 43.0 Å². The number of carbonyl (C=O) groups is 1. The van der Waals surface area contributed by atoms with E-state index in [9.17, 15) is 14.9 Å². The van der Waals surface area contributed by atoms with Crippen molar-refractivity contribution in [1.29, 1.82) is 0 Å². The van der Waals surface area contributed by atoms with Gasteiger partial charge in [-0.1, -0.05) is 6.92 Å². The first-order valence-electron chi connectivity index (χ1n) is 6.30. The number of nitro groups is 1. The highest BCUT2D eigenvalue weighted by Gasteiger charge is 2.11. The Morgan fingerprint density at radius 1 is 1.40 bits per heavy atom. The Labute approximate surface area is 117 Å². The van der Waals surface area contributed by atoms with Crippen LogP contribution in [0, 0.1) is 10.1 Å². The van der Waals surface area contributed by atoms with Crippen LogP contribution in [0.2, 0.25) is 0 Å². The maximum atomic E-state index is 11.5. The molecule has 0 aromatic heterocycles. The van der Waals surface area contributed by atoms with E-state index >= 15 is 0 Å². The Morgan fingerprint density at radius 2 is 2.10 bits per heavy atom. The fourth-order valence-electron chi connectivity index (χ4n) is 1.43. The molecule has 0 bridgehead atoms. The van der Waals surface area contributed by atoms with Gasteiger partial charge in [-0.25, -0.2) is 0 Å². The number of ether oxygens (including phenoxy) is 1. The molecular weight excluding hydrogens is 262 g/mol. The van der Waals surface area contributed by atoms with Gasteiger partial charge in [0.15, 0.2) is 0 Å². The molecule has 0 saturated carbocycles. The molecule has 7 nitrogen and oxygen atoms in total. The van der Waals surface area contributed by atoms with Gasteiger partial charge in [-0.05, 0) is 6.42 Å². The maximum Gasteiger partial charge on any atom is 0.275 e. The van der Waals surface area contributed by atoms with E-state index in [0.29, 0.717) is 18.0 Å². The van der Waals surface area contributed by atoms with Gasteiger partial charge >= 0.3 is 0 Å². The van der Waals surface area contributed by atoms with Gasteiger partial charge < -0.3 is 15.0 Å². The van der Waals surface area contributed by atoms with Crippen LogP contribution in [0.4, 0.5) is 11.4 Å². The van der Waals surface area contributed by atoms with Gasteiger partial charge in [0.1, 0.15) is 5.75 Å². The number of nitro benzene ring substituents is 1. The molecule has 1 aromatic rings. The molecule has 0 heterocycles. The third-order valence-electron chi connectivity index (χ3n) is 2.52. The van der Waals surface area contributed by atoms with Gasteiger partial charge in [0.05, 0.1) is 24.1 Å². The molecule has 1 N–H and O–H groups in total. The Balaban J connectivity index is 2.85. The number of carbonyl (C=O) groups excluding carboxylic acids is 1. The summed E-state index contributed by atoms with van der Waals surface area (Å²) >= 11 is 0. The third kappa shape index (κ3) is 4.75. The molecule has 0 aliphatic heterocycles. The van der Waals surface area contributed by atoms with Crippen molar-refractivity contribution in [2.24, 2.45) is 0 Å². The summed E-state index contributed by atoms with van der Waals surface area (Å²) in [5.41, 5.74) is 0.416. The molecule has 0 radical (unpaired) electrons. The summed E-state index contributed by atoms with van der Waals surface area (Å²) in [5.74, 6) is 0.299. The number of nitrogens with one attached hydrogen (secondary N) is 1. The quantitative estimate of drug-likeness (QED) is 0.609. The number of benzene rings is 1. The van der Waals surface area contributed by atoms with E-state index in [1.54, 1.807) is 20.2 Å². The fraction of sp³-hybridized carbons (Fsp3) is 0.462. The number of hydrogen-bond donors (Lipinski definition) is 1. The molecule has 0 fully saturated rings. The number of likely N-dealkylation sites (N-methyl/N-ethyl adjacent to an activating group) is 1. The lowest BCUT2D eigenvalue weighted by Crippen LogP contribution is -2.28. The SMILES string of the molecule is CCCOc1cc(NCC(=O)N(C)C)cc([N+](=O)[O-])c1. The van der Waals surface area contributed by atoms with Gasteiger partial charge in [-0.15, -0.1) is 0 Å². The summed E-state index contributed by atoms with van der Waals surface area (Å²) in [6, 6.07) is 4.39. The van der Waals surface area contributed by atoms with Gasteiger partial charge in [0.2, 0.25) is 5.91 Å². The molecular formula is C13H19N3O4. The first kappa shape index (κ1) is 15.7. The van der Waals surface area contributed by atoms with E-state index in [0.717, 1.165) is 6.42 Å². The maximum absolute atomic E-state index is 11.5. The van der Waals surface area contributed by atoms with Crippen LogP contribution in [0.5, 0.6) is 5.75 Å². The van der Waals surface area contributed by atoms with E-state index < -0.39 is 4.92 Å². The molecule has 1 amide bonds. The lowest BCUT2D eigenvalue weighted by molar-refractivity contribution is -0.384. The van der Waals surface area contributed by atoms with E-state index in [1.807, 2.05) is 6.92 Å². The lowest BCUT2D eigenvalue weighted by atomic mass is 10.2. The van der Waals surface area contributed by atoms with Crippen molar-refractivity contribution >= 4 is 17.3 Å². The van der Waals surface area contributed by atoms with Crippen molar-refractivity contribution in [3.05, 3.63) is 28.3 Å². The van der Waals surface area contributed by atoms with Crippen LogP contribution in [0.3, 0.4) is 0 Å². The average Bonchev–Trinajstić information content (AvgIpc) is 2.42. The van der Waals surface area contributed by atoms with Crippen LogP contribution in [0.15, 0.2) is 18.2 Å². The minimum atomic E-state index is -0.488. The number of hydrogen-bond acceptors (Lipinski definition) is 5. The molecule has 0 aliphatic rings. The number of anilines is 1. The van der Waals surface area contributed by atoms with E-state index in [2.05, 4.69) is 5.32 Å². The van der Waals surface area contributed by atoms with E-state index in [-0.39, 0.29) is 18.1 Å². The normalized spacial score (nSPS) is 9.95. The number of non-ortho nitro benzene ring substituents is 1. The number of nitrogens with zero attached hydrogens (tertiary/aromatic N) is 2. The summed E-state index contributed by atoms with van der Waals surface area (Å²) in [7, 11) is 3.29. The molecule has 1 aromatic carbocycles. The minimum Gasteiger partial charge on any atom is -0.493 e. The number of amides is 1. The second kappa shape index (κ2) is 7.32. The fourth-order valence-corrected chi connectivity index (χ4v) is 1.43. The highest BCUT2D eigenvalue weighted by molar-refractivity contribution is 5.80. The Morgan fingerprint density at radius 3 is 2.65 bits per heavy atom. The predicted octanol–water partition coefficient (Wildman–Crippen LogP) is 1.88. The molecule has 0 spiro atoms. The zero-order chi connectivity index (χ0) is 15.1. The largest absolute Gasteiger partial charge is 0.493 e. The van der Waals surface area contributed by atoms with Crippen LogP contribution in [0.1, 0.15) is 13.3 Å².